The first kappa shape index (κ1) is 7.14. The van der Waals surface area contributed by atoms with E-state index in [1.165, 1.54) is 12.4 Å². The molecule has 0 aliphatic carbocycles. The Balaban J connectivity index is 2.85. The highest BCUT2D eigenvalue weighted by Crippen LogP contribution is 2.22. The summed E-state index contributed by atoms with van der Waals surface area (Å²) >= 11 is 0. The van der Waals surface area contributed by atoms with Gasteiger partial charge in [-0.15, -0.1) is 0 Å². The van der Waals surface area contributed by atoms with E-state index in [1.54, 1.807) is 0 Å². The van der Waals surface area contributed by atoms with Gasteiger partial charge in [-0.1, -0.05) is 0 Å². The van der Waals surface area contributed by atoms with E-state index in [2.05, 4.69) is 9.97 Å². The predicted molar refractivity (Wildman–Crippen MR) is 29.6 cm³/mol. The minimum absolute atomic E-state index is 0.505. The molecule has 3 nitrogen and oxygen atoms in total. The molecule has 2 N–H and O–H groups in total. The van der Waals surface area contributed by atoms with Gasteiger partial charge in [0.2, 0.25) is 0 Å². The second-order valence-electron chi connectivity index (χ2n) is 1.80. The maximum atomic E-state index is 12.4. The minimum atomic E-state index is -3.25. The van der Waals surface area contributed by atoms with Gasteiger partial charge < -0.3 is 10.1 Å². The average Bonchev–Trinajstić information content (AvgIpc) is 2.38. The van der Waals surface area contributed by atoms with E-state index in [-0.39, 0.29) is 0 Å². The highest BCUT2D eigenvalue weighted by molar-refractivity contribution is 4.96. The molecule has 56 valence electrons. The number of halogens is 2. The van der Waals surface area contributed by atoms with Crippen molar-refractivity contribution in [3.8, 4) is 0 Å². The molecule has 0 amide bonds. The molecular weight excluding hydrogens is 142 g/mol. The van der Waals surface area contributed by atoms with Crippen LogP contribution in [0.5, 0.6) is 0 Å². The van der Waals surface area contributed by atoms with Gasteiger partial charge in [0.15, 0.2) is 5.82 Å². The van der Waals surface area contributed by atoms with E-state index in [9.17, 15) is 8.78 Å². The molecule has 0 spiro atoms. The van der Waals surface area contributed by atoms with E-state index in [0.717, 1.165) is 0 Å². The van der Waals surface area contributed by atoms with Gasteiger partial charge in [-0.3, -0.25) is 0 Å². The SMILES string of the molecule is OCC(F)(F)c1ncc[nH]1. The van der Waals surface area contributed by atoms with Gasteiger partial charge in [0.25, 0.3) is 0 Å². The molecule has 5 heteroatoms. The fourth-order valence-electron chi connectivity index (χ4n) is 0.540. The summed E-state index contributed by atoms with van der Waals surface area (Å²) in [4.78, 5) is 5.50. The molecule has 0 unspecified atom stereocenters. The number of H-pyrrole nitrogens is 1. The fraction of sp³-hybridized carbons (Fsp3) is 0.400. The second-order valence-corrected chi connectivity index (χ2v) is 1.80. The summed E-state index contributed by atoms with van der Waals surface area (Å²) in [7, 11) is 0. The number of aromatic amines is 1. The van der Waals surface area contributed by atoms with Crippen LogP contribution in [-0.2, 0) is 5.92 Å². The maximum absolute atomic E-state index is 12.4. The molecule has 1 heterocycles. The molecule has 10 heavy (non-hydrogen) atoms. The molecule has 0 aliphatic rings. The van der Waals surface area contributed by atoms with Crippen LogP contribution >= 0.6 is 0 Å². The number of alkyl halides is 2. The van der Waals surface area contributed by atoms with Crippen molar-refractivity contribution >= 4 is 0 Å². The number of imidazole rings is 1. The normalized spacial score (nSPS) is 11.9. The average molecular weight is 148 g/mol. The van der Waals surface area contributed by atoms with Crippen molar-refractivity contribution in [1.82, 2.24) is 9.97 Å². The van der Waals surface area contributed by atoms with E-state index in [1.807, 2.05) is 0 Å². The number of nitrogens with one attached hydrogen (secondary N) is 1. The molecule has 1 aromatic rings. The number of aromatic nitrogens is 2. The van der Waals surface area contributed by atoms with Crippen molar-refractivity contribution in [1.29, 1.82) is 0 Å². The Kier molecular flexibility index (Phi) is 1.67. The van der Waals surface area contributed by atoms with Crippen molar-refractivity contribution in [3.05, 3.63) is 18.2 Å². The van der Waals surface area contributed by atoms with Crippen LogP contribution in [0, 0.1) is 0 Å². The molecule has 0 radical (unpaired) electrons. The Hall–Kier alpha value is -0.970. The lowest BCUT2D eigenvalue weighted by atomic mass is 10.3. The quantitative estimate of drug-likeness (QED) is 0.641. The van der Waals surface area contributed by atoms with Crippen molar-refractivity contribution in [2.45, 2.75) is 5.92 Å². The highest BCUT2D eigenvalue weighted by Gasteiger charge is 2.33. The first-order chi connectivity index (χ1) is 4.67. The lowest BCUT2D eigenvalue weighted by Crippen LogP contribution is -2.19. The minimum Gasteiger partial charge on any atom is -0.390 e. The molecule has 0 saturated carbocycles. The topological polar surface area (TPSA) is 48.9 Å². The summed E-state index contributed by atoms with van der Waals surface area (Å²) in [6.07, 6.45) is 2.48. The third-order valence-electron chi connectivity index (χ3n) is 1.04. The summed E-state index contributed by atoms with van der Waals surface area (Å²) in [5, 5.41) is 8.16. The highest BCUT2D eigenvalue weighted by atomic mass is 19.3. The molecule has 1 rings (SSSR count). The molecule has 0 bridgehead atoms. The Morgan fingerprint density at radius 3 is 2.80 bits per heavy atom. The number of rotatable bonds is 2. The van der Waals surface area contributed by atoms with Crippen LogP contribution in [0.4, 0.5) is 8.78 Å². The molecule has 0 saturated heterocycles. The Bertz CT molecular complexity index is 197. The first-order valence-corrected chi connectivity index (χ1v) is 2.65. The number of hydrogen-bond donors (Lipinski definition) is 2. The zero-order valence-electron chi connectivity index (χ0n) is 5.01. The number of aliphatic hydroxyl groups excluding tert-OH is 1. The summed E-state index contributed by atoms with van der Waals surface area (Å²) < 4.78 is 24.7. The summed E-state index contributed by atoms with van der Waals surface area (Å²) in [5.74, 6) is -3.75. The van der Waals surface area contributed by atoms with E-state index < -0.39 is 18.4 Å². The van der Waals surface area contributed by atoms with Crippen molar-refractivity contribution in [2.75, 3.05) is 6.61 Å². The van der Waals surface area contributed by atoms with Gasteiger partial charge in [0.05, 0.1) is 0 Å². The monoisotopic (exact) mass is 148 g/mol. The zero-order chi connectivity index (χ0) is 7.61. The van der Waals surface area contributed by atoms with E-state index in [4.69, 9.17) is 5.11 Å². The lowest BCUT2D eigenvalue weighted by molar-refractivity contribution is -0.0624. The third kappa shape index (κ3) is 1.13. The largest absolute Gasteiger partial charge is 0.390 e. The smallest absolute Gasteiger partial charge is 0.327 e. The zero-order valence-corrected chi connectivity index (χ0v) is 5.01. The summed E-state index contributed by atoms with van der Waals surface area (Å²) in [5.41, 5.74) is 0. The molecular formula is C5H6F2N2O. The molecule has 0 fully saturated rings. The van der Waals surface area contributed by atoms with Gasteiger partial charge in [-0.05, 0) is 0 Å². The Morgan fingerprint density at radius 2 is 2.40 bits per heavy atom. The Labute approximate surface area is 55.7 Å². The van der Waals surface area contributed by atoms with Crippen LogP contribution in [0.25, 0.3) is 0 Å². The second kappa shape index (κ2) is 2.34. The summed E-state index contributed by atoms with van der Waals surface area (Å²) in [6.45, 7) is -1.22. The van der Waals surface area contributed by atoms with Crippen molar-refractivity contribution in [2.24, 2.45) is 0 Å². The van der Waals surface area contributed by atoms with Gasteiger partial charge in [0.1, 0.15) is 6.61 Å². The fourth-order valence-corrected chi connectivity index (χ4v) is 0.540. The van der Waals surface area contributed by atoms with Gasteiger partial charge >= 0.3 is 5.92 Å². The van der Waals surface area contributed by atoms with Crippen LogP contribution in [0.2, 0.25) is 0 Å². The van der Waals surface area contributed by atoms with Crippen LogP contribution in [0.3, 0.4) is 0 Å². The van der Waals surface area contributed by atoms with Crippen LogP contribution < -0.4 is 0 Å². The van der Waals surface area contributed by atoms with Crippen molar-refractivity contribution in [3.63, 3.8) is 0 Å². The van der Waals surface area contributed by atoms with Gasteiger partial charge in [-0.25, -0.2) is 4.98 Å². The van der Waals surface area contributed by atoms with Crippen LogP contribution in [0.15, 0.2) is 12.4 Å². The molecule has 1 aromatic heterocycles. The number of nitrogens with zero attached hydrogens (tertiary/aromatic N) is 1. The molecule has 0 atom stereocenters. The van der Waals surface area contributed by atoms with Crippen LogP contribution in [-0.4, -0.2) is 21.7 Å². The summed E-state index contributed by atoms with van der Waals surface area (Å²) in [6, 6.07) is 0. The predicted octanol–water partition coefficient (Wildman–Crippen LogP) is 0.494. The van der Waals surface area contributed by atoms with Crippen LogP contribution in [0.1, 0.15) is 5.82 Å². The number of hydrogen-bond acceptors (Lipinski definition) is 2. The molecule has 0 aliphatic heterocycles. The van der Waals surface area contributed by atoms with Crippen molar-refractivity contribution < 1.29 is 13.9 Å². The third-order valence-corrected chi connectivity index (χ3v) is 1.04. The van der Waals surface area contributed by atoms with Gasteiger partial charge in [0, 0.05) is 12.4 Å². The molecule has 0 aromatic carbocycles. The van der Waals surface area contributed by atoms with E-state index in [0.29, 0.717) is 0 Å². The number of aliphatic hydroxyl groups is 1. The lowest BCUT2D eigenvalue weighted by Gasteiger charge is -2.08. The van der Waals surface area contributed by atoms with Gasteiger partial charge in [-0.2, -0.15) is 8.78 Å². The standard InChI is InChI=1S/C5H6F2N2O/c6-5(7,3-10)4-8-1-2-9-4/h1-2,10H,3H2,(H,8,9). The maximum Gasteiger partial charge on any atom is 0.327 e. The Morgan fingerprint density at radius 1 is 1.70 bits per heavy atom. The first-order valence-electron chi connectivity index (χ1n) is 2.65. The van der Waals surface area contributed by atoms with E-state index >= 15 is 0 Å².